The molecule has 0 saturated carbocycles. The fourth-order valence-corrected chi connectivity index (χ4v) is 1.63. The van der Waals surface area contributed by atoms with Crippen molar-refractivity contribution >= 4 is 11.7 Å². The lowest BCUT2D eigenvalue weighted by molar-refractivity contribution is 0.247. The molecule has 1 unspecified atom stereocenters. The van der Waals surface area contributed by atoms with Gasteiger partial charge in [0, 0.05) is 18.7 Å². The molecule has 0 bridgehead atoms. The van der Waals surface area contributed by atoms with Gasteiger partial charge in [0.05, 0.1) is 5.69 Å². The van der Waals surface area contributed by atoms with Gasteiger partial charge in [0.15, 0.2) is 0 Å². The highest BCUT2D eigenvalue weighted by Gasteiger charge is 2.12. The maximum atomic E-state index is 13.3. The first-order chi connectivity index (χ1) is 9.06. The van der Waals surface area contributed by atoms with Gasteiger partial charge in [-0.3, -0.25) is 0 Å². The van der Waals surface area contributed by atoms with Crippen LogP contribution >= 0.6 is 0 Å². The molecule has 0 aromatic heterocycles. The number of rotatable bonds is 6. The molecule has 0 radical (unpaired) electrons. The summed E-state index contributed by atoms with van der Waals surface area (Å²) in [6.07, 6.45) is 2.73. The van der Waals surface area contributed by atoms with Crippen LogP contribution in [0.15, 0.2) is 18.2 Å². The van der Waals surface area contributed by atoms with E-state index in [-0.39, 0.29) is 11.7 Å². The van der Waals surface area contributed by atoms with Crippen LogP contribution in [0.25, 0.3) is 0 Å². The summed E-state index contributed by atoms with van der Waals surface area (Å²) < 4.78 is 26.0. The first-order valence-electron chi connectivity index (χ1n) is 6.29. The van der Waals surface area contributed by atoms with E-state index >= 15 is 0 Å². The van der Waals surface area contributed by atoms with Crippen molar-refractivity contribution < 1.29 is 13.6 Å². The first-order valence-corrected chi connectivity index (χ1v) is 6.29. The number of benzene rings is 1. The largest absolute Gasteiger partial charge is 0.334 e. The molecule has 1 aromatic rings. The van der Waals surface area contributed by atoms with E-state index < -0.39 is 17.7 Å². The van der Waals surface area contributed by atoms with Crippen molar-refractivity contribution in [3.8, 4) is 0 Å². The van der Waals surface area contributed by atoms with Gasteiger partial charge in [0.1, 0.15) is 11.6 Å². The summed E-state index contributed by atoms with van der Waals surface area (Å²) in [4.78, 5) is 11.6. The van der Waals surface area contributed by atoms with Gasteiger partial charge in [-0.05, 0) is 18.6 Å². The molecule has 0 aliphatic heterocycles. The topological polar surface area (TPSA) is 67.1 Å². The van der Waals surface area contributed by atoms with Crippen molar-refractivity contribution in [1.29, 1.82) is 0 Å². The van der Waals surface area contributed by atoms with Crippen LogP contribution < -0.4 is 16.4 Å². The van der Waals surface area contributed by atoms with Gasteiger partial charge in [0.2, 0.25) is 0 Å². The lowest BCUT2D eigenvalue weighted by atomic mass is 10.1. The number of anilines is 1. The van der Waals surface area contributed by atoms with Crippen LogP contribution in [0.2, 0.25) is 0 Å². The van der Waals surface area contributed by atoms with Gasteiger partial charge in [-0.15, -0.1) is 0 Å². The highest BCUT2D eigenvalue weighted by Crippen LogP contribution is 2.14. The lowest BCUT2D eigenvalue weighted by Gasteiger charge is -2.17. The molecule has 19 heavy (non-hydrogen) atoms. The van der Waals surface area contributed by atoms with E-state index in [1.54, 1.807) is 0 Å². The Hall–Kier alpha value is -1.69. The lowest BCUT2D eigenvalue weighted by Crippen LogP contribution is -2.42. The van der Waals surface area contributed by atoms with Crippen molar-refractivity contribution in [2.45, 2.75) is 32.2 Å². The molecule has 0 aliphatic carbocycles. The van der Waals surface area contributed by atoms with Gasteiger partial charge in [-0.2, -0.15) is 0 Å². The third kappa shape index (κ3) is 5.21. The van der Waals surface area contributed by atoms with Crippen LogP contribution in [0.3, 0.4) is 0 Å². The fourth-order valence-electron chi connectivity index (χ4n) is 1.63. The van der Waals surface area contributed by atoms with E-state index in [1.807, 2.05) is 6.92 Å². The molecule has 106 valence electrons. The van der Waals surface area contributed by atoms with Gasteiger partial charge in [0.25, 0.3) is 0 Å². The summed E-state index contributed by atoms with van der Waals surface area (Å²) >= 11 is 0. The van der Waals surface area contributed by atoms with E-state index in [4.69, 9.17) is 5.73 Å². The van der Waals surface area contributed by atoms with Crippen LogP contribution in [0, 0.1) is 11.6 Å². The number of nitrogens with one attached hydrogen (secondary N) is 2. The molecule has 0 spiro atoms. The van der Waals surface area contributed by atoms with E-state index in [1.165, 1.54) is 6.07 Å². The second kappa shape index (κ2) is 7.68. The predicted octanol–water partition coefficient (Wildman–Crippen LogP) is 2.60. The van der Waals surface area contributed by atoms with Crippen LogP contribution in [0.1, 0.15) is 26.2 Å². The van der Waals surface area contributed by atoms with E-state index in [9.17, 15) is 13.6 Å². The van der Waals surface area contributed by atoms with Crippen molar-refractivity contribution in [2.24, 2.45) is 5.73 Å². The van der Waals surface area contributed by atoms with Crippen LogP contribution in [0.4, 0.5) is 19.3 Å². The van der Waals surface area contributed by atoms with E-state index in [0.29, 0.717) is 12.6 Å². The molecule has 1 aromatic carbocycles. The second-order valence-corrected chi connectivity index (χ2v) is 4.30. The minimum absolute atomic E-state index is 0.0647. The molecule has 2 amide bonds. The number of hydrogen-bond donors (Lipinski definition) is 3. The number of halogens is 2. The number of carbonyl (C=O) groups is 1. The van der Waals surface area contributed by atoms with E-state index in [2.05, 4.69) is 10.6 Å². The quantitative estimate of drug-likeness (QED) is 0.744. The average molecular weight is 271 g/mol. The normalized spacial score (nSPS) is 12.0. The van der Waals surface area contributed by atoms with Crippen LogP contribution in [-0.2, 0) is 0 Å². The molecule has 6 heteroatoms. The summed E-state index contributed by atoms with van der Waals surface area (Å²) in [7, 11) is 0. The van der Waals surface area contributed by atoms with Gasteiger partial charge in [-0.25, -0.2) is 13.6 Å². The third-order valence-corrected chi connectivity index (χ3v) is 2.71. The number of nitrogens with two attached hydrogens (primary N) is 1. The summed E-state index contributed by atoms with van der Waals surface area (Å²) in [6.45, 7) is 2.36. The Morgan fingerprint density at radius 2 is 2.16 bits per heavy atom. The first kappa shape index (κ1) is 15.4. The minimum atomic E-state index is -0.812. The van der Waals surface area contributed by atoms with Crippen LogP contribution in [-0.4, -0.2) is 18.6 Å². The Bertz CT molecular complexity index is 426. The minimum Gasteiger partial charge on any atom is -0.334 e. The highest BCUT2D eigenvalue weighted by atomic mass is 19.1. The maximum absolute atomic E-state index is 13.3. The Balaban J connectivity index is 2.54. The molecule has 4 nitrogen and oxygen atoms in total. The van der Waals surface area contributed by atoms with Crippen molar-refractivity contribution in [3.63, 3.8) is 0 Å². The molecule has 0 saturated heterocycles. The molecular formula is C13H19F2N3O. The van der Waals surface area contributed by atoms with Crippen molar-refractivity contribution in [3.05, 3.63) is 29.8 Å². The van der Waals surface area contributed by atoms with Gasteiger partial charge < -0.3 is 16.4 Å². The standard InChI is InChI=1S/C13H19F2N3O/c1-2-3-4-10(8-16)17-13(19)18-12-6-5-9(14)7-11(12)15/h5-7,10H,2-4,8,16H2,1H3,(H2,17,18,19). The monoisotopic (exact) mass is 271 g/mol. The Labute approximate surface area is 111 Å². The summed E-state index contributed by atoms with van der Waals surface area (Å²) in [5.41, 5.74) is 5.47. The Kier molecular flexibility index (Phi) is 6.21. The summed E-state index contributed by atoms with van der Waals surface area (Å²) in [5.74, 6) is -1.50. The zero-order valence-corrected chi connectivity index (χ0v) is 10.9. The van der Waals surface area contributed by atoms with Gasteiger partial charge in [-0.1, -0.05) is 19.8 Å². The zero-order chi connectivity index (χ0) is 14.3. The number of urea groups is 1. The molecule has 4 N–H and O–H groups in total. The Morgan fingerprint density at radius 1 is 1.42 bits per heavy atom. The predicted molar refractivity (Wildman–Crippen MR) is 70.9 cm³/mol. The zero-order valence-electron chi connectivity index (χ0n) is 10.9. The fraction of sp³-hybridized carbons (Fsp3) is 0.462. The molecule has 1 atom stereocenters. The number of unbranched alkanes of at least 4 members (excludes halogenated alkanes) is 1. The summed E-state index contributed by atoms with van der Waals surface area (Å²) in [5, 5.41) is 4.99. The highest BCUT2D eigenvalue weighted by molar-refractivity contribution is 5.89. The molecule has 0 fully saturated rings. The molecule has 0 aliphatic rings. The molecule has 0 heterocycles. The van der Waals surface area contributed by atoms with Crippen molar-refractivity contribution in [1.82, 2.24) is 5.32 Å². The van der Waals surface area contributed by atoms with E-state index in [0.717, 1.165) is 25.3 Å². The number of carbonyl (C=O) groups excluding carboxylic acids is 1. The summed E-state index contributed by atoms with van der Waals surface area (Å²) in [6, 6.07) is 2.28. The third-order valence-electron chi connectivity index (χ3n) is 2.71. The smallest absolute Gasteiger partial charge is 0.319 e. The molecular weight excluding hydrogens is 252 g/mol. The van der Waals surface area contributed by atoms with Crippen LogP contribution in [0.5, 0.6) is 0 Å². The SMILES string of the molecule is CCCCC(CN)NC(=O)Nc1ccc(F)cc1F. The average Bonchev–Trinajstić information content (AvgIpc) is 2.38. The van der Waals surface area contributed by atoms with Crippen molar-refractivity contribution in [2.75, 3.05) is 11.9 Å². The maximum Gasteiger partial charge on any atom is 0.319 e. The Morgan fingerprint density at radius 3 is 2.74 bits per heavy atom. The molecule has 1 rings (SSSR count). The second-order valence-electron chi connectivity index (χ2n) is 4.30. The van der Waals surface area contributed by atoms with Gasteiger partial charge >= 0.3 is 6.03 Å². The number of hydrogen-bond acceptors (Lipinski definition) is 2. The number of amides is 2.